The van der Waals surface area contributed by atoms with Crippen LogP contribution in [0.15, 0.2) is 29.2 Å². The molecule has 0 heterocycles. The fraction of sp³-hybridized carbons (Fsp3) is 0.588. The first kappa shape index (κ1) is 17.9. The topological polar surface area (TPSA) is 83.5 Å². The molecule has 0 aromatic heterocycles. The second-order valence-electron chi connectivity index (χ2n) is 6.30. The third-order valence-corrected chi connectivity index (χ3v) is 6.05. The van der Waals surface area contributed by atoms with Gasteiger partial charge in [0.05, 0.1) is 4.90 Å². The van der Waals surface area contributed by atoms with E-state index in [2.05, 4.69) is 11.6 Å². The van der Waals surface area contributed by atoms with Crippen molar-refractivity contribution < 1.29 is 18.3 Å². The summed E-state index contributed by atoms with van der Waals surface area (Å²) in [4.78, 5) is 11.8. The number of hydrogen-bond acceptors (Lipinski definition) is 3. The van der Waals surface area contributed by atoms with Gasteiger partial charge < -0.3 is 5.11 Å². The van der Waals surface area contributed by atoms with Crippen molar-refractivity contribution in [3.8, 4) is 0 Å². The predicted molar refractivity (Wildman–Crippen MR) is 88.8 cm³/mol. The van der Waals surface area contributed by atoms with E-state index < -0.39 is 21.5 Å². The molecule has 23 heavy (non-hydrogen) atoms. The quantitative estimate of drug-likeness (QED) is 0.799. The van der Waals surface area contributed by atoms with Crippen LogP contribution in [0.5, 0.6) is 0 Å². The highest BCUT2D eigenvalue weighted by atomic mass is 32.2. The Kier molecular flexibility index (Phi) is 5.81. The Balaban J connectivity index is 2.18. The van der Waals surface area contributed by atoms with Gasteiger partial charge in [0.1, 0.15) is 5.54 Å². The smallest absolute Gasteiger partial charge is 0.324 e. The minimum Gasteiger partial charge on any atom is -0.480 e. The summed E-state index contributed by atoms with van der Waals surface area (Å²) in [5.41, 5.74) is -0.269. The fourth-order valence-electron chi connectivity index (χ4n) is 3.05. The van der Waals surface area contributed by atoms with Crippen LogP contribution < -0.4 is 4.72 Å². The second-order valence-corrected chi connectivity index (χ2v) is 7.98. The number of unbranched alkanes of at least 4 members (excludes halogenated alkanes) is 1. The van der Waals surface area contributed by atoms with Crippen molar-refractivity contribution >= 4 is 16.0 Å². The third-order valence-electron chi connectivity index (χ3n) is 4.50. The number of hydrogen-bond donors (Lipinski definition) is 2. The average Bonchev–Trinajstić information content (AvgIpc) is 2.53. The van der Waals surface area contributed by atoms with Gasteiger partial charge in [0.15, 0.2) is 0 Å². The molecule has 2 N–H and O–H groups in total. The zero-order chi connectivity index (χ0) is 16.9. The molecule has 0 unspecified atom stereocenters. The van der Waals surface area contributed by atoms with E-state index in [4.69, 9.17) is 0 Å². The van der Waals surface area contributed by atoms with Crippen molar-refractivity contribution in [2.24, 2.45) is 0 Å². The Bertz CT molecular complexity index is 631. The average molecular weight is 339 g/mol. The van der Waals surface area contributed by atoms with Gasteiger partial charge in [-0.2, -0.15) is 4.72 Å². The molecule has 1 fully saturated rings. The number of carboxylic acid groups (broad SMARTS) is 1. The van der Waals surface area contributed by atoms with E-state index in [0.29, 0.717) is 12.8 Å². The largest absolute Gasteiger partial charge is 0.480 e. The molecular formula is C17H25NO4S. The van der Waals surface area contributed by atoms with Crippen molar-refractivity contribution in [2.45, 2.75) is 68.7 Å². The highest BCUT2D eigenvalue weighted by Gasteiger charge is 2.43. The number of carboxylic acids is 1. The number of rotatable bonds is 7. The van der Waals surface area contributed by atoms with Gasteiger partial charge in [0, 0.05) is 0 Å². The molecule has 5 nitrogen and oxygen atoms in total. The molecule has 1 aliphatic carbocycles. The van der Waals surface area contributed by atoms with Crippen LogP contribution >= 0.6 is 0 Å². The molecule has 0 saturated heterocycles. The molecule has 0 atom stereocenters. The van der Waals surface area contributed by atoms with Gasteiger partial charge in [-0.05, 0) is 43.4 Å². The Morgan fingerprint density at radius 1 is 1.17 bits per heavy atom. The van der Waals surface area contributed by atoms with Crippen molar-refractivity contribution in [2.75, 3.05) is 0 Å². The Morgan fingerprint density at radius 2 is 1.78 bits per heavy atom. The molecule has 0 amide bonds. The van der Waals surface area contributed by atoms with Gasteiger partial charge in [-0.3, -0.25) is 4.79 Å². The summed E-state index contributed by atoms with van der Waals surface area (Å²) in [7, 11) is -3.83. The highest BCUT2D eigenvalue weighted by Crippen LogP contribution is 2.30. The lowest BCUT2D eigenvalue weighted by molar-refractivity contribution is -0.145. The summed E-state index contributed by atoms with van der Waals surface area (Å²) < 4.78 is 27.6. The van der Waals surface area contributed by atoms with Crippen LogP contribution in [-0.4, -0.2) is 25.0 Å². The summed E-state index contributed by atoms with van der Waals surface area (Å²) in [6, 6.07) is 6.73. The number of sulfonamides is 1. The van der Waals surface area contributed by atoms with Crippen LogP contribution in [0.1, 0.15) is 57.4 Å². The van der Waals surface area contributed by atoms with Crippen molar-refractivity contribution in [3.05, 3.63) is 29.8 Å². The van der Waals surface area contributed by atoms with E-state index in [-0.39, 0.29) is 4.90 Å². The zero-order valence-corrected chi connectivity index (χ0v) is 14.4. The van der Waals surface area contributed by atoms with Crippen LogP contribution in [0.2, 0.25) is 0 Å². The standard InChI is InChI=1S/C17H25NO4S/c1-2-3-7-14-8-10-15(11-9-14)23(21,22)18-17(16(19)20)12-5-4-6-13-17/h8-11,18H,2-7,12-13H2,1H3,(H,19,20). The van der Waals surface area contributed by atoms with Gasteiger partial charge in [-0.1, -0.05) is 44.7 Å². The minimum absolute atomic E-state index is 0.129. The molecule has 2 rings (SSSR count). The first-order valence-corrected chi connectivity index (χ1v) is 9.74. The van der Waals surface area contributed by atoms with Crippen molar-refractivity contribution in [1.82, 2.24) is 4.72 Å². The van der Waals surface area contributed by atoms with Gasteiger partial charge in [0.2, 0.25) is 10.0 Å². The summed E-state index contributed by atoms with van der Waals surface area (Å²) in [5.74, 6) is -1.08. The summed E-state index contributed by atoms with van der Waals surface area (Å²) >= 11 is 0. The van der Waals surface area contributed by atoms with Crippen molar-refractivity contribution in [1.29, 1.82) is 0 Å². The Hall–Kier alpha value is -1.40. The predicted octanol–water partition coefficient (Wildman–Crippen LogP) is 3.10. The molecule has 0 aliphatic heterocycles. The SMILES string of the molecule is CCCCc1ccc(S(=O)(=O)NC2(C(=O)O)CCCCC2)cc1. The summed E-state index contributed by atoms with van der Waals surface area (Å²) in [5, 5.41) is 9.51. The molecule has 6 heteroatoms. The normalized spacial score (nSPS) is 17.8. The number of nitrogens with one attached hydrogen (secondary N) is 1. The minimum atomic E-state index is -3.83. The van der Waals surface area contributed by atoms with E-state index >= 15 is 0 Å². The Labute approximate surface area is 138 Å². The van der Waals surface area contributed by atoms with Gasteiger partial charge >= 0.3 is 5.97 Å². The monoisotopic (exact) mass is 339 g/mol. The van der Waals surface area contributed by atoms with E-state index in [9.17, 15) is 18.3 Å². The first-order valence-electron chi connectivity index (χ1n) is 8.26. The van der Waals surface area contributed by atoms with Crippen LogP contribution in [0.3, 0.4) is 0 Å². The maximum absolute atomic E-state index is 12.6. The van der Waals surface area contributed by atoms with E-state index in [1.807, 2.05) is 0 Å². The maximum Gasteiger partial charge on any atom is 0.324 e. The van der Waals surface area contributed by atoms with Crippen LogP contribution in [-0.2, 0) is 21.2 Å². The summed E-state index contributed by atoms with van der Waals surface area (Å²) in [6.07, 6.45) is 6.16. The zero-order valence-electron chi connectivity index (χ0n) is 13.5. The lowest BCUT2D eigenvalue weighted by atomic mass is 9.83. The van der Waals surface area contributed by atoms with Gasteiger partial charge in [0.25, 0.3) is 0 Å². The van der Waals surface area contributed by atoms with Gasteiger partial charge in [-0.15, -0.1) is 0 Å². The molecule has 1 aliphatic rings. The third kappa shape index (κ3) is 4.32. The van der Waals surface area contributed by atoms with E-state index in [1.165, 1.54) is 0 Å². The second kappa shape index (κ2) is 7.45. The molecule has 1 aromatic carbocycles. The van der Waals surface area contributed by atoms with Crippen LogP contribution in [0.25, 0.3) is 0 Å². The van der Waals surface area contributed by atoms with E-state index in [0.717, 1.165) is 44.1 Å². The molecule has 0 spiro atoms. The molecule has 1 saturated carbocycles. The lowest BCUT2D eigenvalue weighted by Crippen LogP contribution is -2.55. The summed E-state index contributed by atoms with van der Waals surface area (Å²) in [6.45, 7) is 2.11. The van der Waals surface area contributed by atoms with Crippen molar-refractivity contribution in [3.63, 3.8) is 0 Å². The number of aryl methyl sites for hydroxylation is 1. The molecule has 0 bridgehead atoms. The fourth-order valence-corrected chi connectivity index (χ4v) is 4.47. The van der Waals surface area contributed by atoms with E-state index in [1.54, 1.807) is 24.3 Å². The number of carbonyl (C=O) groups is 1. The lowest BCUT2D eigenvalue weighted by Gasteiger charge is -2.33. The number of aliphatic carboxylic acids is 1. The Morgan fingerprint density at radius 3 is 2.30 bits per heavy atom. The molecule has 128 valence electrons. The highest BCUT2D eigenvalue weighted by molar-refractivity contribution is 7.89. The first-order chi connectivity index (χ1) is 10.9. The van der Waals surface area contributed by atoms with Crippen LogP contribution in [0, 0.1) is 0 Å². The molecule has 1 aromatic rings. The van der Waals surface area contributed by atoms with Crippen LogP contribution in [0.4, 0.5) is 0 Å². The number of benzene rings is 1. The maximum atomic E-state index is 12.6. The molecule has 0 radical (unpaired) electrons. The molecular weight excluding hydrogens is 314 g/mol. The van der Waals surface area contributed by atoms with Gasteiger partial charge in [-0.25, -0.2) is 8.42 Å².